The molecule has 0 unspecified atom stereocenters. The lowest BCUT2D eigenvalue weighted by molar-refractivity contribution is -0.142. The number of morpholine rings is 1. The molecule has 0 spiro atoms. The van der Waals surface area contributed by atoms with Crippen molar-refractivity contribution in [3.8, 4) is 0 Å². The van der Waals surface area contributed by atoms with Crippen LogP contribution in [0.5, 0.6) is 0 Å². The second kappa shape index (κ2) is 7.34. The Balaban J connectivity index is 1.76. The summed E-state index contributed by atoms with van der Waals surface area (Å²) in [6.45, 7) is 5.43. The molecular formula is C15H20ClNO2S. The molecule has 1 aliphatic heterocycles. The SMILES string of the molecule is C[C@H]1CN(C(=O)CCSc2ccc(Cl)cc2)C[C@H](C)O1. The molecule has 1 amide bonds. The van der Waals surface area contributed by atoms with Crippen molar-refractivity contribution in [1.82, 2.24) is 4.90 Å². The fourth-order valence-corrected chi connectivity index (χ4v) is 3.29. The molecule has 2 atom stereocenters. The number of hydrogen-bond acceptors (Lipinski definition) is 3. The van der Waals surface area contributed by atoms with Crippen molar-refractivity contribution >= 4 is 29.3 Å². The van der Waals surface area contributed by atoms with Crippen LogP contribution in [0.1, 0.15) is 20.3 Å². The summed E-state index contributed by atoms with van der Waals surface area (Å²) in [6, 6.07) is 7.71. The zero-order valence-electron chi connectivity index (χ0n) is 11.8. The first-order chi connectivity index (χ1) is 9.54. The molecule has 0 bridgehead atoms. The molecule has 0 N–H and O–H groups in total. The average Bonchev–Trinajstić information content (AvgIpc) is 2.40. The minimum atomic E-state index is 0.131. The molecule has 2 rings (SSSR count). The van der Waals surface area contributed by atoms with Crippen molar-refractivity contribution in [2.75, 3.05) is 18.8 Å². The Morgan fingerprint density at radius 3 is 2.50 bits per heavy atom. The average molecular weight is 314 g/mol. The van der Waals surface area contributed by atoms with Gasteiger partial charge in [-0.2, -0.15) is 0 Å². The Bertz CT molecular complexity index is 442. The van der Waals surface area contributed by atoms with Gasteiger partial charge in [0.2, 0.25) is 5.91 Å². The minimum Gasteiger partial charge on any atom is -0.372 e. The highest BCUT2D eigenvalue weighted by molar-refractivity contribution is 7.99. The van der Waals surface area contributed by atoms with Gasteiger partial charge < -0.3 is 9.64 Å². The molecule has 1 heterocycles. The molecule has 0 aliphatic carbocycles. The first kappa shape index (κ1) is 15.7. The second-order valence-corrected chi connectivity index (χ2v) is 6.71. The summed E-state index contributed by atoms with van der Waals surface area (Å²) in [5.41, 5.74) is 0. The quantitative estimate of drug-likeness (QED) is 0.797. The van der Waals surface area contributed by atoms with E-state index in [1.165, 1.54) is 0 Å². The molecule has 1 aliphatic rings. The lowest BCUT2D eigenvalue weighted by Gasteiger charge is -2.35. The highest BCUT2D eigenvalue weighted by Crippen LogP contribution is 2.21. The van der Waals surface area contributed by atoms with Crippen LogP contribution in [0.25, 0.3) is 0 Å². The van der Waals surface area contributed by atoms with Crippen molar-refractivity contribution < 1.29 is 9.53 Å². The zero-order valence-corrected chi connectivity index (χ0v) is 13.4. The van der Waals surface area contributed by atoms with Crippen LogP contribution < -0.4 is 0 Å². The highest BCUT2D eigenvalue weighted by atomic mass is 35.5. The number of rotatable bonds is 4. The van der Waals surface area contributed by atoms with Gasteiger partial charge in [-0.3, -0.25) is 4.79 Å². The number of carbonyl (C=O) groups excluding carboxylic acids is 1. The number of benzene rings is 1. The molecule has 0 saturated carbocycles. The summed E-state index contributed by atoms with van der Waals surface area (Å²) in [7, 11) is 0. The molecule has 0 radical (unpaired) electrons. The number of thioether (sulfide) groups is 1. The molecule has 0 aromatic heterocycles. The summed E-state index contributed by atoms with van der Waals surface area (Å²) in [5, 5.41) is 0.738. The zero-order chi connectivity index (χ0) is 14.5. The van der Waals surface area contributed by atoms with Gasteiger partial charge in [-0.15, -0.1) is 11.8 Å². The Labute approximate surface area is 129 Å². The number of halogens is 1. The third-order valence-electron chi connectivity index (χ3n) is 3.17. The Morgan fingerprint density at radius 1 is 1.30 bits per heavy atom. The van der Waals surface area contributed by atoms with Crippen LogP contribution >= 0.6 is 23.4 Å². The Morgan fingerprint density at radius 2 is 1.90 bits per heavy atom. The molecular weight excluding hydrogens is 294 g/mol. The number of ether oxygens (including phenoxy) is 1. The van der Waals surface area contributed by atoms with Gasteiger partial charge in [-0.05, 0) is 38.1 Å². The summed E-state index contributed by atoms with van der Waals surface area (Å²) < 4.78 is 5.64. The summed E-state index contributed by atoms with van der Waals surface area (Å²) >= 11 is 7.53. The van der Waals surface area contributed by atoms with E-state index >= 15 is 0 Å². The Kier molecular flexibility index (Phi) is 5.75. The lowest BCUT2D eigenvalue weighted by atomic mass is 10.2. The van der Waals surface area contributed by atoms with E-state index in [1.54, 1.807) is 11.8 Å². The molecule has 110 valence electrons. The van der Waals surface area contributed by atoms with E-state index in [0.717, 1.165) is 15.7 Å². The number of nitrogens with zero attached hydrogens (tertiary/aromatic N) is 1. The van der Waals surface area contributed by atoms with Gasteiger partial charge in [-0.1, -0.05) is 11.6 Å². The molecule has 5 heteroatoms. The molecule has 1 fully saturated rings. The largest absolute Gasteiger partial charge is 0.372 e. The van der Waals surface area contributed by atoms with E-state index in [9.17, 15) is 4.79 Å². The van der Waals surface area contributed by atoms with E-state index in [-0.39, 0.29) is 18.1 Å². The fraction of sp³-hybridized carbons (Fsp3) is 0.533. The van der Waals surface area contributed by atoms with Crippen LogP contribution in [0, 0.1) is 0 Å². The predicted octanol–water partition coefficient (Wildman–Crippen LogP) is 3.46. The van der Waals surface area contributed by atoms with Crippen LogP contribution in [-0.2, 0) is 9.53 Å². The van der Waals surface area contributed by atoms with Crippen LogP contribution in [0.2, 0.25) is 5.02 Å². The smallest absolute Gasteiger partial charge is 0.223 e. The van der Waals surface area contributed by atoms with Gasteiger partial charge >= 0.3 is 0 Å². The van der Waals surface area contributed by atoms with Crippen LogP contribution in [-0.4, -0.2) is 41.9 Å². The van der Waals surface area contributed by atoms with Gasteiger partial charge in [0.25, 0.3) is 0 Å². The standard InChI is InChI=1S/C15H20ClNO2S/c1-11-9-17(10-12(2)19-11)15(18)7-8-20-14-5-3-13(16)4-6-14/h3-6,11-12H,7-10H2,1-2H3/t11-,12-/m0/s1. The summed E-state index contributed by atoms with van der Waals surface area (Å²) in [6.07, 6.45) is 0.824. The molecule has 1 saturated heterocycles. The summed E-state index contributed by atoms with van der Waals surface area (Å²) in [4.78, 5) is 15.2. The van der Waals surface area contributed by atoms with E-state index in [2.05, 4.69) is 0 Å². The number of carbonyl (C=O) groups is 1. The van der Waals surface area contributed by atoms with Crippen molar-refractivity contribution in [3.63, 3.8) is 0 Å². The third kappa shape index (κ3) is 4.69. The van der Waals surface area contributed by atoms with Crippen LogP contribution in [0.15, 0.2) is 29.2 Å². The second-order valence-electron chi connectivity index (χ2n) is 5.11. The van der Waals surface area contributed by atoms with Gasteiger partial charge in [0.1, 0.15) is 0 Å². The van der Waals surface area contributed by atoms with E-state index in [1.807, 2.05) is 43.0 Å². The van der Waals surface area contributed by atoms with Crippen LogP contribution in [0.3, 0.4) is 0 Å². The van der Waals surface area contributed by atoms with Gasteiger partial charge in [0.05, 0.1) is 12.2 Å². The minimum absolute atomic E-state index is 0.131. The number of hydrogen-bond donors (Lipinski definition) is 0. The topological polar surface area (TPSA) is 29.5 Å². The van der Waals surface area contributed by atoms with Crippen molar-refractivity contribution in [2.45, 2.75) is 37.4 Å². The van der Waals surface area contributed by atoms with E-state index < -0.39 is 0 Å². The maximum absolute atomic E-state index is 12.2. The van der Waals surface area contributed by atoms with Crippen molar-refractivity contribution in [3.05, 3.63) is 29.3 Å². The molecule has 20 heavy (non-hydrogen) atoms. The first-order valence-electron chi connectivity index (χ1n) is 6.86. The van der Waals surface area contributed by atoms with Crippen LogP contribution in [0.4, 0.5) is 0 Å². The van der Waals surface area contributed by atoms with E-state index in [4.69, 9.17) is 16.3 Å². The maximum atomic E-state index is 12.2. The monoisotopic (exact) mass is 313 g/mol. The summed E-state index contributed by atoms with van der Waals surface area (Å²) in [5.74, 6) is 1.01. The first-order valence-corrected chi connectivity index (χ1v) is 8.22. The molecule has 3 nitrogen and oxygen atoms in total. The molecule has 1 aromatic carbocycles. The third-order valence-corrected chi connectivity index (χ3v) is 4.44. The van der Waals surface area contributed by atoms with E-state index in [0.29, 0.717) is 19.5 Å². The fourth-order valence-electron chi connectivity index (χ4n) is 2.33. The van der Waals surface area contributed by atoms with Crippen molar-refractivity contribution in [1.29, 1.82) is 0 Å². The normalized spacial score (nSPS) is 22.9. The highest BCUT2D eigenvalue weighted by Gasteiger charge is 2.25. The predicted molar refractivity (Wildman–Crippen MR) is 83.4 cm³/mol. The lowest BCUT2D eigenvalue weighted by Crippen LogP contribution is -2.48. The Hall–Kier alpha value is -0.710. The van der Waals surface area contributed by atoms with Gasteiger partial charge in [0.15, 0.2) is 0 Å². The van der Waals surface area contributed by atoms with Gasteiger partial charge in [-0.25, -0.2) is 0 Å². The molecule has 1 aromatic rings. The van der Waals surface area contributed by atoms with Crippen molar-refractivity contribution in [2.24, 2.45) is 0 Å². The number of amides is 1. The maximum Gasteiger partial charge on any atom is 0.223 e. The van der Waals surface area contributed by atoms with Gasteiger partial charge in [0, 0.05) is 35.2 Å².